The second-order valence-electron chi connectivity index (χ2n) is 3.48. The van der Waals surface area contributed by atoms with Crippen molar-refractivity contribution in [2.45, 2.75) is 6.92 Å². The minimum Gasteiger partial charge on any atom is -0.364 e. The molecule has 0 aliphatic carbocycles. The van der Waals surface area contributed by atoms with Crippen LogP contribution in [0.15, 0.2) is 35.1 Å². The molecule has 0 radical (unpaired) electrons. The summed E-state index contributed by atoms with van der Waals surface area (Å²) >= 11 is 0. The van der Waals surface area contributed by atoms with Gasteiger partial charge in [-0.15, -0.1) is 0 Å². The van der Waals surface area contributed by atoms with Gasteiger partial charge in [0.05, 0.1) is 11.6 Å². The number of benzene rings is 1. The number of amides is 1. The van der Waals surface area contributed by atoms with Gasteiger partial charge in [0.2, 0.25) is 0 Å². The number of rotatable bonds is 2. The Labute approximate surface area is 97.7 Å². The molecule has 0 bridgehead atoms. The Kier molecular flexibility index (Phi) is 2.88. The third-order valence-electron chi connectivity index (χ3n) is 2.29. The summed E-state index contributed by atoms with van der Waals surface area (Å²) in [5.41, 5.74) is 2.16. The van der Waals surface area contributed by atoms with E-state index < -0.39 is 0 Å². The van der Waals surface area contributed by atoms with Gasteiger partial charge in [0.1, 0.15) is 6.26 Å². The molecule has 1 aromatic heterocycles. The average molecular weight is 227 g/mol. The van der Waals surface area contributed by atoms with Crippen LogP contribution in [-0.4, -0.2) is 11.1 Å². The SMILES string of the molecule is Cc1ccc(C#N)cc1NC(=O)c1ccon1. The molecule has 1 amide bonds. The monoisotopic (exact) mass is 227 g/mol. The number of carbonyl (C=O) groups is 1. The maximum atomic E-state index is 11.7. The summed E-state index contributed by atoms with van der Waals surface area (Å²) in [5.74, 6) is -0.364. The van der Waals surface area contributed by atoms with Crippen LogP contribution in [0.25, 0.3) is 0 Å². The number of hydrogen-bond acceptors (Lipinski definition) is 4. The zero-order chi connectivity index (χ0) is 12.3. The predicted octanol–water partition coefficient (Wildman–Crippen LogP) is 2.11. The molecule has 5 heteroatoms. The molecule has 1 aromatic carbocycles. The number of aryl methyl sites for hydroxylation is 1. The smallest absolute Gasteiger partial charge is 0.277 e. The third-order valence-corrected chi connectivity index (χ3v) is 2.29. The number of carbonyl (C=O) groups excluding carboxylic acids is 1. The molecule has 0 unspecified atom stereocenters. The van der Waals surface area contributed by atoms with Crippen LogP contribution < -0.4 is 5.32 Å². The standard InChI is InChI=1S/C12H9N3O2/c1-8-2-3-9(7-13)6-11(8)14-12(16)10-4-5-17-15-10/h2-6H,1H3,(H,14,16). The highest BCUT2D eigenvalue weighted by Crippen LogP contribution is 2.17. The first-order valence-electron chi connectivity index (χ1n) is 4.93. The summed E-state index contributed by atoms with van der Waals surface area (Å²) in [6, 6.07) is 8.58. The molecule has 2 rings (SSSR count). The molecule has 0 saturated heterocycles. The zero-order valence-corrected chi connectivity index (χ0v) is 9.10. The van der Waals surface area contributed by atoms with E-state index in [0.29, 0.717) is 11.3 Å². The van der Waals surface area contributed by atoms with Crippen molar-refractivity contribution in [3.05, 3.63) is 47.3 Å². The second-order valence-corrected chi connectivity index (χ2v) is 3.48. The van der Waals surface area contributed by atoms with E-state index in [9.17, 15) is 4.79 Å². The Hall–Kier alpha value is -2.61. The fourth-order valence-electron chi connectivity index (χ4n) is 1.34. The molecule has 0 saturated carbocycles. The van der Waals surface area contributed by atoms with Crippen molar-refractivity contribution in [2.75, 3.05) is 5.32 Å². The highest BCUT2D eigenvalue weighted by atomic mass is 16.5. The van der Waals surface area contributed by atoms with Gasteiger partial charge in [-0.3, -0.25) is 4.79 Å². The first-order chi connectivity index (χ1) is 8.20. The molecule has 0 atom stereocenters. The zero-order valence-electron chi connectivity index (χ0n) is 9.10. The van der Waals surface area contributed by atoms with Crippen LogP contribution in [-0.2, 0) is 0 Å². The van der Waals surface area contributed by atoms with Gasteiger partial charge in [0.15, 0.2) is 5.69 Å². The number of aromatic nitrogens is 1. The van der Waals surface area contributed by atoms with Crippen molar-refractivity contribution in [1.29, 1.82) is 5.26 Å². The molecule has 17 heavy (non-hydrogen) atoms. The molecule has 5 nitrogen and oxygen atoms in total. The molecule has 1 N–H and O–H groups in total. The molecular weight excluding hydrogens is 218 g/mol. The fraction of sp³-hybridized carbons (Fsp3) is 0.0833. The number of nitriles is 1. The maximum Gasteiger partial charge on any atom is 0.277 e. The topological polar surface area (TPSA) is 78.9 Å². The minimum atomic E-state index is -0.364. The Morgan fingerprint density at radius 3 is 2.94 bits per heavy atom. The molecule has 0 aliphatic rings. The average Bonchev–Trinajstić information content (AvgIpc) is 2.85. The van der Waals surface area contributed by atoms with E-state index >= 15 is 0 Å². The number of hydrogen-bond donors (Lipinski definition) is 1. The summed E-state index contributed by atoms with van der Waals surface area (Å²) in [4.78, 5) is 11.7. The van der Waals surface area contributed by atoms with Crippen molar-refractivity contribution < 1.29 is 9.32 Å². The lowest BCUT2D eigenvalue weighted by Gasteiger charge is -2.06. The van der Waals surface area contributed by atoms with Crippen molar-refractivity contribution >= 4 is 11.6 Å². The highest BCUT2D eigenvalue weighted by Gasteiger charge is 2.10. The predicted molar refractivity (Wildman–Crippen MR) is 60.4 cm³/mol. The normalized spacial score (nSPS) is 9.65. The van der Waals surface area contributed by atoms with Crippen LogP contribution >= 0.6 is 0 Å². The maximum absolute atomic E-state index is 11.7. The highest BCUT2D eigenvalue weighted by molar-refractivity contribution is 6.03. The first kappa shape index (κ1) is 10.9. The van der Waals surface area contributed by atoms with Crippen LogP contribution in [0.3, 0.4) is 0 Å². The van der Waals surface area contributed by atoms with E-state index in [1.54, 1.807) is 18.2 Å². The van der Waals surface area contributed by atoms with E-state index in [0.717, 1.165) is 5.56 Å². The third kappa shape index (κ3) is 2.32. The summed E-state index contributed by atoms with van der Waals surface area (Å²) < 4.78 is 4.59. The summed E-state index contributed by atoms with van der Waals surface area (Å²) in [6.45, 7) is 1.85. The number of nitrogens with zero attached hydrogens (tertiary/aromatic N) is 2. The summed E-state index contributed by atoms with van der Waals surface area (Å²) in [5, 5.41) is 15.0. The van der Waals surface area contributed by atoms with E-state index in [2.05, 4.69) is 15.0 Å². The van der Waals surface area contributed by atoms with E-state index in [1.165, 1.54) is 12.3 Å². The molecule has 1 heterocycles. The Balaban J connectivity index is 2.25. The van der Waals surface area contributed by atoms with Gasteiger partial charge >= 0.3 is 0 Å². The van der Waals surface area contributed by atoms with Gasteiger partial charge in [0.25, 0.3) is 5.91 Å². The van der Waals surface area contributed by atoms with Crippen molar-refractivity contribution in [3.8, 4) is 6.07 Å². The fourth-order valence-corrected chi connectivity index (χ4v) is 1.34. The molecule has 84 valence electrons. The summed E-state index contributed by atoms with van der Waals surface area (Å²) in [7, 11) is 0. The second kappa shape index (κ2) is 4.49. The lowest BCUT2D eigenvalue weighted by molar-refractivity contribution is 0.101. The molecule has 2 aromatic rings. The molecule has 0 spiro atoms. The van der Waals surface area contributed by atoms with Crippen molar-refractivity contribution in [1.82, 2.24) is 5.16 Å². The van der Waals surface area contributed by atoms with E-state index in [4.69, 9.17) is 5.26 Å². The molecular formula is C12H9N3O2. The van der Waals surface area contributed by atoms with Crippen LogP contribution in [0, 0.1) is 18.3 Å². The van der Waals surface area contributed by atoms with Crippen LogP contribution in [0.4, 0.5) is 5.69 Å². The van der Waals surface area contributed by atoms with Crippen LogP contribution in [0.1, 0.15) is 21.6 Å². The Morgan fingerprint density at radius 1 is 1.47 bits per heavy atom. The molecule has 0 fully saturated rings. The number of anilines is 1. The van der Waals surface area contributed by atoms with E-state index in [1.807, 2.05) is 13.0 Å². The van der Waals surface area contributed by atoms with Gasteiger partial charge < -0.3 is 9.84 Å². The van der Waals surface area contributed by atoms with Gasteiger partial charge in [-0.25, -0.2) is 0 Å². The van der Waals surface area contributed by atoms with Gasteiger partial charge in [0, 0.05) is 11.8 Å². The van der Waals surface area contributed by atoms with Crippen LogP contribution in [0.5, 0.6) is 0 Å². The van der Waals surface area contributed by atoms with Crippen molar-refractivity contribution in [2.24, 2.45) is 0 Å². The Morgan fingerprint density at radius 2 is 2.29 bits per heavy atom. The minimum absolute atomic E-state index is 0.201. The van der Waals surface area contributed by atoms with Gasteiger partial charge in [-0.2, -0.15) is 5.26 Å². The van der Waals surface area contributed by atoms with Gasteiger partial charge in [-0.05, 0) is 24.6 Å². The van der Waals surface area contributed by atoms with Crippen LogP contribution in [0.2, 0.25) is 0 Å². The Bertz CT molecular complexity index is 582. The number of nitrogens with one attached hydrogen (secondary N) is 1. The first-order valence-corrected chi connectivity index (χ1v) is 4.93. The van der Waals surface area contributed by atoms with Gasteiger partial charge in [-0.1, -0.05) is 11.2 Å². The summed E-state index contributed by atoms with van der Waals surface area (Å²) in [6.07, 6.45) is 1.33. The molecule has 0 aliphatic heterocycles. The lowest BCUT2D eigenvalue weighted by Crippen LogP contribution is -2.13. The lowest BCUT2D eigenvalue weighted by atomic mass is 10.1. The van der Waals surface area contributed by atoms with E-state index in [-0.39, 0.29) is 11.6 Å². The van der Waals surface area contributed by atoms with Crippen molar-refractivity contribution in [3.63, 3.8) is 0 Å². The largest absolute Gasteiger partial charge is 0.364 e. The quantitative estimate of drug-likeness (QED) is 0.852.